The molecule has 1 aliphatic carbocycles. The molecule has 0 spiro atoms. The summed E-state index contributed by atoms with van der Waals surface area (Å²) in [6.07, 6.45) is 5.90. The summed E-state index contributed by atoms with van der Waals surface area (Å²) in [5, 5.41) is 0. The van der Waals surface area contributed by atoms with Crippen molar-refractivity contribution >= 4 is 5.91 Å². The van der Waals surface area contributed by atoms with E-state index in [0.29, 0.717) is 5.75 Å². The molecule has 0 aromatic carbocycles. The van der Waals surface area contributed by atoms with Crippen molar-refractivity contribution in [3.63, 3.8) is 0 Å². The van der Waals surface area contributed by atoms with Crippen LogP contribution in [0, 0.1) is 0 Å². The summed E-state index contributed by atoms with van der Waals surface area (Å²) in [5.74, 6) is 0.419. The van der Waals surface area contributed by atoms with Crippen LogP contribution in [0.4, 0.5) is 0 Å². The minimum absolute atomic E-state index is 0.258. The molecule has 100 valence electrons. The molecule has 0 unspecified atom stereocenters. The average Bonchev–Trinajstić information content (AvgIpc) is 3.21. The third kappa shape index (κ3) is 2.33. The number of nitrogens with zero attached hydrogens (tertiary/aromatic N) is 1. The van der Waals surface area contributed by atoms with Crippen molar-refractivity contribution in [2.75, 3.05) is 7.11 Å². The van der Waals surface area contributed by atoms with E-state index in [4.69, 9.17) is 10.5 Å². The van der Waals surface area contributed by atoms with Gasteiger partial charge in [-0.1, -0.05) is 20.8 Å². The standard InChI is InChI=1S/C12H16N2O2.C2H6/c1-3-8-6-14-7-9(16-2)10(8)12(4-5-12)11(13)15;1-2/h6-7H,3-5H2,1-2H3,(H2,13,15);1-2H3. The summed E-state index contributed by atoms with van der Waals surface area (Å²) in [5.41, 5.74) is 6.99. The van der Waals surface area contributed by atoms with Crippen molar-refractivity contribution < 1.29 is 9.53 Å². The number of rotatable bonds is 4. The first-order chi connectivity index (χ1) is 8.65. The largest absolute Gasteiger partial charge is 0.495 e. The minimum Gasteiger partial charge on any atom is -0.495 e. The zero-order valence-corrected chi connectivity index (χ0v) is 11.6. The summed E-state index contributed by atoms with van der Waals surface area (Å²) in [4.78, 5) is 15.7. The van der Waals surface area contributed by atoms with E-state index in [1.807, 2.05) is 20.8 Å². The highest BCUT2D eigenvalue weighted by molar-refractivity contribution is 5.91. The van der Waals surface area contributed by atoms with Crippen molar-refractivity contribution in [1.29, 1.82) is 0 Å². The molecule has 1 aromatic heterocycles. The predicted molar refractivity (Wildman–Crippen MR) is 71.6 cm³/mol. The number of hydrogen-bond donors (Lipinski definition) is 1. The van der Waals surface area contributed by atoms with Gasteiger partial charge in [0, 0.05) is 11.8 Å². The van der Waals surface area contributed by atoms with Gasteiger partial charge < -0.3 is 10.5 Å². The zero-order chi connectivity index (χ0) is 13.8. The van der Waals surface area contributed by atoms with Crippen LogP contribution in [0.2, 0.25) is 0 Å². The Kier molecular flexibility index (Phi) is 4.70. The van der Waals surface area contributed by atoms with Gasteiger partial charge in [0.15, 0.2) is 0 Å². The quantitative estimate of drug-likeness (QED) is 0.890. The Labute approximate surface area is 109 Å². The molecule has 1 heterocycles. The fraction of sp³-hybridized carbons (Fsp3) is 0.571. The summed E-state index contributed by atoms with van der Waals surface area (Å²) in [6.45, 7) is 6.04. The van der Waals surface area contributed by atoms with E-state index in [0.717, 1.165) is 30.4 Å². The fourth-order valence-corrected chi connectivity index (χ4v) is 2.19. The molecule has 0 saturated heterocycles. The van der Waals surface area contributed by atoms with Crippen LogP contribution in [0.3, 0.4) is 0 Å². The van der Waals surface area contributed by atoms with Crippen LogP contribution in [0.1, 0.15) is 44.7 Å². The average molecular weight is 250 g/mol. The van der Waals surface area contributed by atoms with E-state index < -0.39 is 5.41 Å². The Bertz CT molecular complexity index is 404. The van der Waals surface area contributed by atoms with Gasteiger partial charge in [-0.05, 0) is 24.8 Å². The highest BCUT2D eigenvalue weighted by atomic mass is 16.5. The molecule has 0 aliphatic heterocycles. The van der Waals surface area contributed by atoms with Gasteiger partial charge in [0.2, 0.25) is 5.91 Å². The molecular weight excluding hydrogens is 228 g/mol. The third-order valence-electron chi connectivity index (χ3n) is 3.29. The molecule has 1 amide bonds. The number of pyridine rings is 1. The molecule has 2 N–H and O–H groups in total. The van der Waals surface area contributed by atoms with Crippen molar-refractivity contribution in [1.82, 2.24) is 4.98 Å². The van der Waals surface area contributed by atoms with Crippen LogP contribution in [0.25, 0.3) is 0 Å². The minimum atomic E-state index is -0.500. The molecule has 1 aliphatic rings. The maximum atomic E-state index is 11.6. The maximum absolute atomic E-state index is 11.6. The van der Waals surface area contributed by atoms with Gasteiger partial charge in [-0.3, -0.25) is 9.78 Å². The van der Waals surface area contributed by atoms with Gasteiger partial charge in [-0.25, -0.2) is 0 Å². The second kappa shape index (κ2) is 5.85. The molecule has 1 saturated carbocycles. The number of aryl methyl sites for hydroxylation is 1. The number of ether oxygens (including phenoxy) is 1. The van der Waals surface area contributed by atoms with Gasteiger partial charge in [0.1, 0.15) is 5.75 Å². The van der Waals surface area contributed by atoms with E-state index in [9.17, 15) is 4.79 Å². The first-order valence-corrected chi connectivity index (χ1v) is 6.47. The van der Waals surface area contributed by atoms with Gasteiger partial charge in [-0.2, -0.15) is 0 Å². The molecule has 0 radical (unpaired) electrons. The molecule has 2 rings (SSSR count). The van der Waals surface area contributed by atoms with Gasteiger partial charge in [0.25, 0.3) is 0 Å². The lowest BCUT2D eigenvalue weighted by Gasteiger charge is -2.18. The molecular formula is C14H22N2O2. The van der Waals surface area contributed by atoms with Gasteiger partial charge >= 0.3 is 0 Å². The Morgan fingerprint density at radius 3 is 2.44 bits per heavy atom. The number of methoxy groups -OCH3 is 1. The van der Waals surface area contributed by atoms with Crippen molar-refractivity contribution in [2.45, 2.75) is 45.4 Å². The number of aromatic nitrogens is 1. The van der Waals surface area contributed by atoms with Crippen LogP contribution >= 0.6 is 0 Å². The van der Waals surface area contributed by atoms with Crippen molar-refractivity contribution in [2.24, 2.45) is 5.73 Å². The van der Waals surface area contributed by atoms with Crippen LogP contribution in [-0.2, 0) is 16.6 Å². The monoisotopic (exact) mass is 250 g/mol. The topological polar surface area (TPSA) is 65.2 Å². The second-order valence-electron chi connectivity index (χ2n) is 4.18. The molecule has 4 nitrogen and oxygen atoms in total. The van der Waals surface area contributed by atoms with Crippen molar-refractivity contribution in [3.8, 4) is 5.75 Å². The van der Waals surface area contributed by atoms with Gasteiger partial charge in [0.05, 0.1) is 18.7 Å². The highest BCUT2D eigenvalue weighted by Crippen LogP contribution is 2.52. The Balaban J connectivity index is 0.000000771. The van der Waals surface area contributed by atoms with Crippen LogP contribution in [0.5, 0.6) is 5.75 Å². The number of hydrogen-bond acceptors (Lipinski definition) is 3. The number of primary amides is 1. The summed E-state index contributed by atoms with van der Waals surface area (Å²) in [6, 6.07) is 0. The Morgan fingerprint density at radius 2 is 2.06 bits per heavy atom. The lowest BCUT2D eigenvalue weighted by molar-refractivity contribution is -0.120. The zero-order valence-electron chi connectivity index (χ0n) is 11.6. The fourth-order valence-electron chi connectivity index (χ4n) is 2.19. The lowest BCUT2D eigenvalue weighted by Crippen LogP contribution is -2.30. The first-order valence-electron chi connectivity index (χ1n) is 6.47. The van der Waals surface area contributed by atoms with Crippen LogP contribution in [0.15, 0.2) is 12.4 Å². The third-order valence-corrected chi connectivity index (χ3v) is 3.29. The number of carbonyl (C=O) groups excluding carboxylic acids is 1. The van der Waals surface area contributed by atoms with Gasteiger partial charge in [-0.15, -0.1) is 0 Å². The summed E-state index contributed by atoms with van der Waals surface area (Å²) >= 11 is 0. The molecule has 4 heteroatoms. The van der Waals surface area contributed by atoms with Crippen molar-refractivity contribution in [3.05, 3.63) is 23.5 Å². The van der Waals surface area contributed by atoms with E-state index in [2.05, 4.69) is 4.98 Å². The van der Waals surface area contributed by atoms with E-state index in [-0.39, 0.29) is 5.91 Å². The number of nitrogens with two attached hydrogens (primary N) is 1. The molecule has 0 bridgehead atoms. The van der Waals surface area contributed by atoms with Crippen LogP contribution in [-0.4, -0.2) is 18.0 Å². The van der Waals surface area contributed by atoms with E-state index in [1.165, 1.54) is 0 Å². The summed E-state index contributed by atoms with van der Waals surface area (Å²) < 4.78 is 5.29. The van der Waals surface area contributed by atoms with Crippen LogP contribution < -0.4 is 10.5 Å². The second-order valence-corrected chi connectivity index (χ2v) is 4.18. The SMILES string of the molecule is CC.CCc1cncc(OC)c1C1(C(N)=O)CC1. The molecule has 1 fully saturated rings. The number of amides is 1. The number of carbonyl (C=O) groups is 1. The predicted octanol–water partition coefficient (Wildman–Crippen LogP) is 2.20. The van der Waals surface area contributed by atoms with E-state index in [1.54, 1.807) is 19.5 Å². The normalized spacial score (nSPS) is 15.3. The summed E-state index contributed by atoms with van der Waals surface area (Å²) in [7, 11) is 1.59. The maximum Gasteiger partial charge on any atom is 0.228 e. The molecule has 18 heavy (non-hydrogen) atoms. The van der Waals surface area contributed by atoms with E-state index >= 15 is 0 Å². The Morgan fingerprint density at radius 1 is 1.44 bits per heavy atom. The lowest BCUT2D eigenvalue weighted by atomic mass is 9.90. The highest BCUT2D eigenvalue weighted by Gasteiger charge is 2.52. The smallest absolute Gasteiger partial charge is 0.228 e. The first kappa shape index (κ1) is 14.5. The molecule has 0 atom stereocenters. The Hall–Kier alpha value is -1.58. The molecule has 1 aromatic rings.